The summed E-state index contributed by atoms with van der Waals surface area (Å²) in [7, 11) is 0. The van der Waals surface area contributed by atoms with Crippen molar-refractivity contribution < 1.29 is 9.47 Å². The summed E-state index contributed by atoms with van der Waals surface area (Å²) >= 11 is 0. The van der Waals surface area contributed by atoms with Gasteiger partial charge in [-0.05, 0) is 25.0 Å². The van der Waals surface area contributed by atoms with Crippen molar-refractivity contribution in [2.24, 2.45) is 0 Å². The minimum Gasteiger partial charge on any atom is -0.347 e. The maximum absolute atomic E-state index is 5.88. The molecule has 4 heteroatoms. The Labute approximate surface area is 121 Å². The topological polar surface area (TPSA) is 33.7 Å². The summed E-state index contributed by atoms with van der Waals surface area (Å²) in [4.78, 5) is 2.49. The van der Waals surface area contributed by atoms with Crippen LogP contribution in [0.2, 0.25) is 0 Å². The first-order chi connectivity index (χ1) is 9.62. The van der Waals surface area contributed by atoms with E-state index in [1.54, 1.807) is 0 Å². The minimum absolute atomic E-state index is 0.0678. The first-order valence-corrected chi connectivity index (χ1v) is 7.46. The van der Waals surface area contributed by atoms with Crippen LogP contribution < -0.4 is 5.32 Å². The van der Waals surface area contributed by atoms with Gasteiger partial charge in [0.1, 0.15) is 6.10 Å². The standard InChI is InChI=1S/C16H24N2O2/c1-16(2)19-12-15(20-16)14-5-3-13(4-6-14)11-18-9-7-17-8-10-18/h3-6,15,17H,7-12H2,1-2H3. The van der Waals surface area contributed by atoms with E-state index in [0.717, 1.165) is 32.7 Å². The highest BCUT2D eigenvalue weighted by Crippen LogP contribution is 2.32. The molecule has 1 atom stereocenters. The van der Waals surface area contributed by atoms with Gasteiger partial charge in [-0.1, -0.05) is 24.3 Å². The highest BCUT2D eigenvalue weighted by molar-refractivity contribution is 5.25. The average molecular weight is 276 g/mol. The molecule has 1 unspecified atom stereocenters. The second kappa shape index (κ2) is 5.82. The van der Waals surface area contributed by atoms with Crippen LogP contribution in [-0.4, -0.2) is 43.5 Å². The van der Waals surface area contributed by atoms with Crippen LogP contribution in [0.4, 0.5) is 0 Å². The van der Waals surface area contributed by atoms with Crippen molar-refractivity contribution in [1.29, 1.82) is 0 Å². The molecule has 0 spiro atoms. The molecular formula is C16H24N2O2. The third-order valence-electron chi connectivity index (χ3n) is 3.98. The zero-order valence-corrected chi connectivity index (χ0v) is 12.4. The molecule has 110 valence electrons. The highest BCUT2D eigenvalue weighted by Gasteiger charge is 2.33. The minimum atomic E-state index is -0.454. The lowest BCUT2D eigenvalue weighted by atomic mass is 10.1. The molecule has 2 saturated heterocycles. The maximum Gasteiger partial charge on any atom is 0.163 e. The molecule has 0 saturated carbocycles. The Morgan fingerprint density at radius 1 is 1.20 bits per heavy atom. The van der Waals surface area contributed by atoms with E-state index < -0.39 is 5.79 Å². The summed E-state index contributed by atoms with van der Waals surface area (Å²) in [6.45, 7) is 10.1. The monoisotopic (exact) mass is 276 g/mol. The van der Waals surface area contributed by atoms with Crippen molar-refractivity contribution in [2.75, 3.05) is 32.8 Å². The number of hydrogen-bond acceptors (Lipinski definition) is 4. The summed E-state index contributed by atoms with van der Waals surface area (Å²) in [5, 5.41) is 3.38. The Morgan fingerprint density at radius 3 is 2.50 bits per heavy atom. The molecule has 1 N–H and O–H groups in total. The smallest absolute Gasteiger partial charge is 0.163 e. The fourth-order valence-electron chi connectivity index (χ4n) is 2.82. The van der Waals surface area contributed by atoms with Gasteiger partial charge in [-0.25, -0.2) is 0 Å². The van der Waals surface area contributed by atoms with E-state index in [2.05, 4.69) is 34.5 Å². The molecule has 2 aliphatic heterocycles. The van der Waals surface area contributed by atoms with E-state index in [0.29, 0.717) is 6.61 Å². The summed E-state index contributed by atoms with van der Waals surface area (Å²) in [5.41, 5.74) is 2.58. The average Bonchev–Trinajstić information content (AvgIpc) is 2.81. The van der Waals surface area contributed by atoms with E-state index in [1.807, 2.05) is 13.8 Å². The summed E-state index contributed by atoms with van der Waals surface area (Å²) in [6, 6.07) is 8.78. The van der Waals surface area contributed by atoms with Crippen LogP contribution in [0.1, 0.15) is 31.1 Å². The van der Waals surface area contributed by atoms with Crippen LogP contribution >= 0.6 is 0 Å². The van der Waals surface area contributed by atoms with Crippen LogP contribution in [0.25, 0.3) is 0 Å². The van der Waals surface area contributed by atoms with Gasteiger partial charge in [0.25, 0.3) is 0 Å². The number of piperazine rings is 1. The van der Waals surface area contributed by atoms with Crippen molar-refractivity contribution in [3.8, 4) is 0 Å². The molecule has 2 fully saturated rings. The summed E-state index contributed by atoms with van der Waals surface area (Å²) < 4.78 is 11.5. The lowest BCUT2D eigenvalue weighted by molar-refractivity contribution is -0.139. The molecular weight excluding hydrogens is 252 g/mol. The van der Waals surface area contributed by atoms with E-state index in [-0.39, 0.29) is 6.10 Å². The molecule has 2 aliphatic rings. The summed E-state index contributed by atoms with van der Waals surface area (Å²) in [6.07, 6.45) is 0.0678. The molecule has 1 aromatic carbocycles. The highest BCUT2D eigenvalue weighted by atomic mass is 16.7. The van der Waals surface area contributed by atoms with Gasteiger partial charge in [-0.15, -0.1) is 0 Å². The van der Waals surface area contributed by atoms with Gasteiger partial charge < -0.3 is 14.8 Å². The Morgan fingerprint density at radius 2 is 1.90 bits per heavy atom. The van der Waals surface area contributed by atoms with Gasteiger partial charge in [-0.3, -0.25) is 4.90 Å². The van der Waals surface area contributed by atoms with Crippen molar-refractivity contribution in [3.05, 3.63) is 35.4 Å². The van der Waals surface area contributed by atoms with E-state index >= 15 is 0 Å². The van der Waals surface area contributed by atoms with Crippen LogP contribution in [0.5, 0.6) is 0 Å². The molecule has 20 heavy (non-hydrogen) atoms. The van der Waals surface area contributed by atoms with Crippen molar-refractivity contribution in [1.82, 2.24) is 10.2 Å². The zero-order chi connectivity index (χ0) is 14.0. The van der Waals surface area contributed by atoms with E-state index in [9.17, 15) is 0 Å². The molecule has 0 radical (unpaired) electrons. The Hall–Kier alpha value is -0.940. The molecule has 2 heterocycles. The zero-order valence-electron chi connectivity index (χ0n) is 12.4. The SMILES string of the molecule is CC1(C)OCC(c2ccc(CN3CCNCC3)cc2)O1. The predicted octanol–water partition coefficient (Wildman–Crippen LogP) is 1.92. The molecule has 3 rings (SSSR count). The Kier molecular flexibility index (Phi) is 4.08. The van der Waals surface area contributed by atoms with Crippen LogP contribution in [-0.2, 0) is 16.0 Å². The molecule has 0 bridgehead atoms. The lowest BCUT2D eigenvalue weighted by Gasteiger charge is -2.27. The van der Waals surface area contributed by atoms with Crippen LogP contribution in [0.15, 0.2) is 24.3 Å². The quantitative estimate of drug-likeness (QED) is 0.914. The summed E-state index contributed by atoms with van der Waals surface area (Å²) in [5.74, 6) is -0.454. The normalized spacial score (nSPS) is 26.8. The van der Waals surface area contributed by atoms with Gasteiger partial charge in [0.05, 0.1) is 6.61 Å². The fraction of sp³-hybridized carbons (Fsp3) is 0.625. The lowest BCUT2D eigenvalue weighted by Crippen LogP contribution is -2.42. The third-order valence-corrected chi connectivity index (χ3v) is 3.98. The number of ether oxygens (including phenoxy) is 2. The molecule has 4 nitrogen and oxygen atoms in total. The second-order valence-corrected chi connectivity index (χ2v) is 6.09. The molecule has 0 aliphatic carbocycles. The Balaban J connectivity index is 1.60. The number of benzene rings is 1. The second-order valence-electron chi connectivity index (χ2n) is 6.09. The number of nitrogens with zero attached hydrogens (tertiary/aromatic N) is 1. The first kappa shape index (κ1) is 14.0. The van der Waals surface area contributed by atoms with Gasteiger partial charge >= 0.3 is 0 Å². The number of nitrogens with one attached hydrogen (secondary N) is 1. The maximum atomic E-state index is 5.88. The van der Waals surface area contributed by atoms with Crippen LogP contribution in [0, 0.1) is 0 Å². The largest absolute Gasteiger partial charge is 0.347 e. The van der Waals surface area contributed by atoms with Crippen molar-refractivity contribution in [3.63, 3.8) is 0 Å². The van der Waals surface area contributed by atoms with E-state index in [4.69, 9.17) is 9.47 Å². The van der Waals surface area contributed by atoms with Gasteiger partial charge in [0, 0.05) is 32.7 Å². The fourth-order valence-corrected chi connectivity index (χ4v) is 2.82. The van der Waals surface area contributed by atoms with Crippen molar-refractivity contribution >= 4 is 0 Å². The molecule has 0 aromatic heterocycles. The Bertz CT molecular complexity index is 438. The van der Waals surface area contributed by atoms with Gasteiger partial charge in [0.2, 0.25) is 0 Å². The first-order valence-electron chi connectivity index (χ1n) is 7.46. The van der Waals surface area contributed by atoms with Gasteiger partial charge in [-0.2, -0.15) is 0 Å². The van der Waals surface area contributed by atoms with E-state index in [1.165, 1.54) is 11.1 Å². The van der Waals surface area contributed by atoms with Crippen molar-refractivity contribution in [2.45, 2.75) is 32.3 Å². The predicted molar refractivity (Wildman–Crippen MR) is 78.4 cm³/mol. The number of rotatable bonds is 3. The van der Waals surface area contributed by atoms with Crippen LogP contribution in [0.3, 0.4) is 0 Å². The molecule has 0 amide bonds. The van der Waals surface area contributed by atoms with Gasteiger partial charge in [0.15, 0.2) is 5.79 Å². The third kappa shape index (κ3) is 3.38. The number of hydrogen-bond donors (Lipinski definition) is 1. The molecule has 1 aromatic rings.